The van der Waals surface area contributed by atoms with Crippen molar-refractivity contribution in [1.29, 1.82) is 0 Å². The van der Waals surface area contributed by atoms with Gasteiger partial charge in [0.25, 0.3) is 0 Å². The number of amides is 1. The number of benzene rings is 2. The zero-order chi connectivity index (χ0) is 26.3. The molecule has 0 bridgehead atoms. The molecule has 8 nitrogen and oxygen atoms in total. The van der Waals surface area contributed by atoms with Gasteiger partial charge in [-0.2, -0.15) is 0 Å². The fourth-order valence-electron chi connectivity index (χ4n) is 3.23. The SMILES string of the molecule is CCOC(Cc1ccc(OCCN(CCCOc2ccc(F)cc2)C(=O)OCC(C)C)cc1)C(=O)O. The Morgan fingerprint density at radius 1 is 0.944 bits per heavy atom. The van der Waals surface area contributed by atoms with Crippen molar-refractivity contribution in [1.82, 2.24) is 4.90 Å². The van der Waals surface area contributed by atoms with Crippen LogP contribution in [0.4, 0.5) is 9.18 Å². The molecular weight excluding hydrogens is 469 g/mol. The van der Waals surface area contributed by atoms with Gasteiger partial charge in [0, 0.05) is 19.6 Å². The first-order valence-electron chi connectivity index (χ1n) is 12.1. The molecule has 36 heavy (non-hydrogen) atoms. The van der Waals surface area contributed by atoms with Gasteiger partial charge >= 0.3 is 12.1 Å². The van der Waals surface area contributed by atoms with Crippen LogP contribution in [0.5, 0.6) is 11.5 Å². The van der Waals surface area contributed by atoms with E-state index in [2.05, 4.69) is 0 Å². The summed E-state index contributed by atoms with van der Waals surface area (Å²) in [5.74, 6) is 0.0664. The van der Waals surface area contributed by atoms with E-state index in [-0.39, 0.29) is 24.8 Å². The highest BCUT2D eigenvalue weighted by atomic mass is 19.1. The Morgan fingerprint density at radius 2 is 1.56 bits per heavy atom. The number of hydrogen-bond donors (Lipinski definition) is 1. The molecule has 9 heteroatoms. The van der Waals surface area contributed by atoms with Crippen LogP contribution in [0.3, 0.4) is 0 Å². The number of aliphatic carboxylic acids is 1. The number of carbonyl (C=O) groups excluding carboxylic acids is 1. The Balaban J connectivity index is 1.84. The molecule has 0 radical (unpaired) electrons. The molecule has 1 unspecified atom stereocenters. The smallest absolute Gasteiger partial charge is 0.409 e. The Morgan fingerprint density at radius 3 is 2.14 bits per heavy atom. The topological polar surface area (TPSA) is 94.5 Å². The van der Waals surface area contributed by atoms with Crippen LogP contribution >= 0.6 is 0 Å². The van der Waals surface area contributed by atoms with Crippen molar-refractivity contribution in [3.05, 3.63) is 59.9 Å². The maximum Gasteiger partial charge on any atom is 0.409 e. The number of carboxylic acids is 1. The molecule has 0 aromatic heterocycles. The Hall–Kier alpha value is -3.33. The summed E-state index contributed by atoms with van der Waals surface area (Å²) in [6.07, 6.45) is -0.480. The number of nitrogens with zero attached hydrogens (tertiary/aromatic N) is 1. The van der Waals surface area contributed by atoms with Gasteiger partial charge in [0.2, 0.25) is 0 Å². The summed E-state index contributed by atoms with van der Waals surface area (Å²) in [4.78, 5) is 25.4. The van der Waals surface area contributed by atoms with Crippen molar-refractivity contribution in [2.45, 2.75) is 39.7 Å². The molecule has 2 aromatic carbocycles. The summed E-state index contributed by atoms with van der Waals surface area (Å²) in [6.45, 7) is 7.69. The van der Waals surface area contributed by atoms with Crippen molar-refractivity contribution in [3.63, 3.8) is 0 Å². The second-order valence-corrected chi connectivity index (χ2v) is 8.59. The molecule has 198 valence electrons. The summed E-state index contributed by atoms with van der Waals surface area (Å²) >= 11 is 0. The number of carboxylic acid groups (broad SMARTS) is 1. The van der Waals surface area contributed by atoms with E-state index in [1.54, 1.807) is 48.2 Å². The van der Waals surface area contributed by atoms with Crippen molar-refractivity contribution < 1.29 is 38.0 Å². The summed E-state index contributed by atoms with van der Waals surface area (Å²) in [7, 11) is 0. The van der Waals surface area contributed by atoms with E-state index in [0.29, 0.717) is 50.8 Å². The highest BCUT2D eigenvalue weighted by molar-refractivity contribution is 5.72. The maximum atomic E-state index is 13.0. The first kappa shape index (κ1) is 28.9. The second-order valence-electron chi connectivity index (χ2n) is 8.59. The molecule has 0 aliphatic rings. The summed E-state index contributed by atoms with van der Waals surface area (Å²) in [5, 5.41) is 9.23. The van der Waals surface area contributed by atoms with Crippen molar-refractivity contribution in [2.24, 2.45) is 5.92 Å². The molecule has 0 heterocycles. The predicted molar refractivity (Wildman–Crippen MR) is 133 cm³/mol. The number of carbonyl (C=O) groups is 2. The Bertz CT molecular complexity index is 919. The lowest BCUT2D eigenvalue weighted by Crippen LogP contribution is -2.37. The summed E-state index contributed by atoms with van der Waals surface area (Å²) < 4.78 is 35.0. The van der Waals surface area contributed by atoms with E-state index < -0.39 is 18.2 Å². The number of rotatable bonds is 16. The summed E-state index contributed by atoms with van der Waals surface area (Å²) in [6, 6.07) is 12.9. The van der Waals surface area contributed by atoms with Gasteiger partial charge in [-0.25, -0.2) is 14.0 Å². The molecule has 1 amide bonds. The quantitative estimate of drug-likeness (QED) is 0.328. The van der Waals surface area contributed by atoms with Gasteiger partial charge in [0.15, 0.2) is 6.10 Å². The minimum atomic E-state index is -0.996. The van der Waals surface area contributed by atoms with Crippen LogP contribution in [-0.2, 0) is 20.7 Å². The number of hydrogen-bond acceptors (Lipinski definition) is 6. The van der Waals surface area contributed by atoms with E-state index in [1.807, 2.05) is 13.8 Å². The first-order chi connectivity index (χ1) is 17.3. The zero-order valence-electron chi connectivity index (χ0n) is 21.2. The Kier molecular flexibility index (Phi) is 12.5. The highest BCUT2D eigenvalue weighted by Gasteiger charge is 2.18. The van der Waals surface area contributed by atoms with Crippen molar-refractivity contribution in [3.8, 4) is 11.5 Å². The van der Waals surface area contributed by atoms with Gasteiger partial charge in [-0.1, -0.05) is 26.0 Å². The van der Waals surface area contributed by atoms with Gasteiger partial charge in [-0.05, 0) is 61.2 Å². The standard InChI is InChI=1S/C27H36FNO7/c1-4-33-25(26(30)31)18-21-6-10-23(11-7-21)35-17-15-29(27(32)36-19-20(2)3)14-5-16-34-24-12-8-22(28)9-13-24/h6-13,20,25H,4-5,14-19H2,1-3H3,(H,30,31). The molecule has 0 fully saturated rings. The minimum Gasteiger partial charge on any atom is -0.494 e. The normalized spacial score (nSPS) is 11.7. The molecule has 0 aliphatic carbocycles. The largest absolute Gasteiger partial charge is 0.494 e. The second kappa shape index (κ2) is 15.6. The average molecular weight is 506 g/mol. The van der Waals surface area contributed by atoms with Gasteiger partial charge < -0.3 is 29.0 Å². The van der Waals surface area contributed by atoms with E-state index >= 15 is 0 Å². The Labute approximate surface area is 211 Å². The van der Waals surface area contributed by atoms with Gasteiger partial charge in [-0.15, -0.1) is 0 Å². The van der Waals surface area contributed by atoms with Crippen LogP contribution in [0.15, 0.2) is 48.5 Å². The molecule has 2 aromatic rings. The third-order valence-corrected chi connectivity index (χ3v) is 5.07. The molecule has 2 rings (SSSR count). The van der Waals surface area contributed by atoms with E-state index in [4.69, 9.17) is 18.9 Å². The lowest BCUT2D eigenvalue weighted by molar-refractivity contribution is -0.149. The molecular formula is C27H36FNO7. The van der Waals surface area contributed by atoms with E-state index in [9.17, 15) is 19.1 Å². The van der Waals surface area contributed by atoms with E-state index in [1.165, 1.54) is 12.1 Å². The van der Waals surface area contributed by atoms with Crippen LogP contribution < -0.4 is 9.47 Å². The van der Waals surface area contributed by atoms with Gasteiger partial charge in [-0.3, -0.25) is 0 Å². The van der Waals surface area contributed by atoms with Crippen LogP contribution in [-0.4, -0.2) is 67.7 Å². The van der Waals surface area contributed by atoms with Crippen molar-refractivity contribution in [2.75, 3.05) is 39.5 Å². The third-order valence-electron chi connectivity index (χ3n) is 5.07. The summed E-state index contributed by atoms with van der Waals surface area (Å²) in [5.41, 5.74) is 0.822. The minimum absolute atomic E-state index is 0.218. The van der Waals surface area contributed by atoms with Gasteiger partial charge in [0.1, 0.15) is 23.9 Å². The predicted octanol–water partition coefficient (Wildman–Crippen LogP) is 4.80. The molecule has 0 aliphatic heterocycles. The average Bonchev–Trinajstić information content (AvgIpc) is 2.85. The van der Waals surface area contributed by atoms with E-state index in [0.717, 1.165) is 5.56 Å². The third kappa shape index (κ3) is 10.9. The fraction of sp³-hybridized carbons (Fsp3) is 0.481. The first-order valence-corrected chi connectivity index (χ1v) is 12.1. The highest BCUT2D eigenvalue weighted by Crippen LogP contribution is 2.15. The van der Waals surface area contributed by atoms with Crippen LogP contribution in [0.25, 0.3) is 0 Å². The maximum absolute atomic E-state index is 13.0. The number of ether oxygens (including phenoxy) is 4. The number of halogens is 1. The van der Waals surface area contributed by atoms with Crippen LogP contribution in [0.1, 0.15) is 32.8 Å². The molecule has 1 N–H and O–H groups in total. The lowest BCUT2D eigenvalue weighted by atomic mass is 10.1. The van der Waals surface area contributed by atoms with Gasteiger partial charge in [0.05, 0.1) is 19.8 Å². The molecule has 0 spiro atoms. The molecule has 0 saturated carbocycles. The van der Waals surface area contributed by atoms with Crippen LogP contribution in [0.2, 0.25) is 0 Å². The monoisotopic (exact) mass is 505 g/mol. The zero-order valence-corrected chi connectivity index (χ0v) is 21.2. The fourth-order valence-corrected chi connectivity index (χ4v) is 3.23. The molecule has 1 atom stereocenters. The molecule has 0 saturated heterocycles. The lowest BCUT2D eigenvalue weighted by Gasteiger charge is -2.23. The van der Waals surface area contributed by atoms with Crippen LogP contribution in [0, 0.1) is 11.7 Å². The van der Waals surface area contributed by atoms with Crippen molar-refractivity contribution >= 4 is 12.1 Å².